The first kappa shape index (κ1) is 28.8. The summed E-state index contributed by atoms with van der Waals surface area (Å²) in [5.74, 6) is 2.57. The Balaban J connectivity index is 1.61. The maximum atomic E-state index is 11.6. The summed E-state index contributed by atoms with van der Waals surface area (Å²) in [4.78, 5) is 13.1. The van der Waals surface area contributed by atoms with Crippen molar-refractivity contribution in [3.8, 4) is 23.0 Å². The van der Waals surface area contributed by atoms with E-state index in [2.05, 4.69) is 36.1 Å². The number of sulfonamides is 1. The number of nitrogens with zero attached hydrogens (tertiary/aromatic N) is 4. The molecule has 5 N–H and O–H groups in total. The van der Waals surface area contributed by atoms with Crippen LogP contribution in [0.1, 0.15) is 5.56 Å². The van der Waals surface area contributed by atoms with Gasteiger partial charge in [0.2, 0.25) is 33.6 Å². The molecule has 15 heteroatoms. The van der Waals surface area contributed by atoms with Gasteiger partial charge in [-0.15, -0.1) is 0 Å². The van der Waals surface area contributed by atoms with Crippen molar-refractivity contribution in [2.75, 3.05) is 44.5 Å². The number of hydrogen-bond acceptors (Lipinski definition) is 13. The fourth-order valence-corrected chi connectivity index (χ4v) is 4.05. The molecular weight excluding hydrogens is 552 g/mol. The van der Waals surface area contributed by atoms with Crippen LogP contribution in [0.3, 0.4) is 0 Å². The maximum Gasteiger partial charge on any atom is 0.250 e. The van der Waals surface area contributed by atoms with Gasteiger partial charge in [0.15, 0.2) is 11.5 Å². The number of primary sulfonamides is 1. The largest absolute Gasteiger partial charge is 0.497 e. The molecule has 3 aromatic carbocycles. The summed E-state index contributed by atoms with van der Waals surface area (Å²) in [5, 5.41) is 15.6. The van der Waals surface area contributed by atoms with Gasteiger partial charge in [-0.1, -0.05) is 0 Å². The van der Waals surface area contributed by atoms with E-state index in [4.69, 9.17) is 24.1 Å². The van der Waals surface area contributed by atoms with Gasteiger partial charge in [-0.2, -0.15) is 20.1 Å². The molecule has 0 saturated carbocycles. The fraction of sp³-hybridized carbons (Fsp3) is 0.154. The average Bonchev–Trinajstić information content (AvgIpc) is 2.96. The van der Waals surface area contributed by atoms with E-state index in [9.17, 15) is 8.42 Å². The molecule has 41 heavy (non-hydrogen) atoms. The number of anilines is 5. The SMILES string of the molecule is COc1ccc(Nc2nc(N/N=C/c3cc(OC)c(OC)c(OC)c3)nc(Nc3ccc(S(N)(=O)=O)cc3)n2)cc1. The lowest BCUT2D eigenvalue weighted by Gasteiger charge is -2.12. The smallest absolute Gasteiger partial charge is 0.250 e. The van der Waals surface area contributed by atoms with Crippen LogP contribution in [0.2, 0.25) is 0 Å². The highest BCUT2D eigenvalue weighted by molar-refractivity contribution is 7.89. The molecule has 0 unspecified atom stereocenters. The Morgan fingerprint density at radius 2 is 1.24 bits per heavy atom. The second-order valence-corrected chi connectivity index (χ2v) is 9.74. The monoisotopic (exact) mass is 580 g/mol. The van der Waals surface area contributed by atoms with E-state index in [1.165, 1.54) is 51.8 Å². The van der Waals surface area contributed by atoms with Crippen LogP contribution in [0.15, 0.2) is 70.7 Å². The van der Waals surface area contributed by atoms with Crippen molar-refractivity contribution in [3.63, 3.8) is 0 Å². The zero-order valence-electron chi connectivity index (χ0n) is 22.6. The van der Waals surface area contributed by atoms with E-state index in [0.29, 0.717) is 39.9 Å². The first-order valence-electron chi connectivity index (χ1n) is 11.9. The maximum absolute atomic E-state index is 11.6. The normalized spacial score (nSPS) is 11.1. The molecule has 0 amide bonds. The zero-order chi connectivity index (χ0) is 29.4. The Morgan fingerprint density at radius 3 is 1.71 bits per heavy atom. The third kappa shape index (κ3) is 7.49. The molecule has 0 radical (unpaired) electrons. The first-order chi connectivity index (χ1) is 19.7. The van der Waals surface area contributed by atoms with E-state index < -0.39 is 10.0 Å². The minimum Gasteiger partial charge on any atom is -0.497 e. The zero-order valence-corrected chi connectivity index (χ0v) is 23.4. The standard InChI is InChI=1S/C26H28N8O6S/c1-37-19-9-5-17(6-10-19)29-24-31-25(30-18-7-11-20(12-8-18)41(27,35)36)33-26(32-24)34-28-15-16-13-21(38-2)23(40-4)22(14-16)39-3/h5-15H,1-4H3,(H2,27,35,36)(H3,29,30,31,32,33,34)/b28-15+. The summed E-state index contributed by atoms with van der Waals surface area (Å²) in [7, 11) is 2.32. The molecule has 0 aliphatic heterocycles. The van der Waals surface area contributed by atoms with Gasteiger partial charge in [0.1, 0.15) is 5.75 Å². The van der Waals surface area contributed by atoms with Crippen molar-refractivity contribution < 1.29 is 27.4 Å². The molecule has 0 aliphatic rings. The highest BCUT2D eigenvalue weighted by atomic mass is 32.2. The van der Waals surface area contributed by atoms with Gasteiger partial charge in [0, 0.05) is 16.9 Å². The predicted octanol–water partition coefficient (Wildman–Crippen LogP) is 3.49. The van der Waals surface area contributed by atoms with Crippen LogP contribution in [0, 0.1) is 0 Å². The van der Waals surface area contributed by atoms with Crippen LogP contribution in [-0.4, -0.2) is 58.0 Å². The lowest BCUT2D eigenvalue weighted by molar-refractivity contribution is 0.324. The number of hydrazone groups is 1. The van der Waals surface area contributed by atoms with Gasteiger partial charge in [0.25, 0.3) is 0 Å². The molecular formula is C26H28N8O6S. The molecule has 214 valence electrons. The number of rotatable bonds is 12. The van der Waals surface area contributed by atoms with Gasteiger partial charge in [-0.05, 0) is 60.7 Å². The average molecular weight is 581 g/mol. The molecule has 0 bridgehead atoms. The summed E-state index contributed by atoms with van der Waals surface area (Å²) in [6.45, 7) is 0. The van der Waals surface area contributed by atoms with E-state index in [0.717, 1.165) is 0 Å². The minimum absolute atomic E-state index is 0.0240. The second-order valence-electron chi connectivity index (χ2n) is 8.18. The molecule has 1 aromatic heterocycles. The van der Waals surface area contributed by atoms with Crippen molar-refractivity contribution in [3.05, 3.63) is 66.2 Å². The Kier molecular flexibility index (Phi) is 9.01. The third-order valence-electron chi connectivity index (χ3n) is 5.49. The van der Waals surface area contributed by atoms with Crippen LogP contribution < -0.4 is 40.1 Å². The molecule has 0 fully saturated rings. The summed E-state index contributed by atoms with van der Waals surface area (Å²) in [5.41, 5.74) is 4.67. The molecule has 1 heterocycles. The van der Waals surface area contributed by atoms with Crippen LogP contribution in [-0.2, 0) is 10.0 Å². The Morgan fingerprint density at radius 1 is 0.732 bits per heavy atom. The molecule has 0 atom stereocenters. The highest BCUT2D eigenvalue weighted by Crippen LogP contribution is 2.37. The van der Waals surface area contributed by atoms with E-state index in [1.54, 1.807) is 43.5 Å². The van der Waals surface area contributed by atoms with Gasteiger partial charge in [-0.3, -0.25) is 0 Å². The summed E-state index contributed by atoms with van der Waals surface area (Å²) in [6.07, 6.45) is 1.53. The van der Waals surface area contributed by atoms with Gasteiger partial charge in [-0.25, -0.2) is 19.0 Å². The highest BCUT2D eigenvalue weighted by Gasteiger charge is 2.13. The summed E-state index contributed by atoms with van der Waals surface area (Å²) < 4.78 is 44.5. The molecule has 4 aromatic rings. The number of nitrogens with two attached hydrogens (primary N) is 1. The first-order valence-corrected chi connectivity index (χ1v) is 13.4. The summed E-state index contributed by atoms with van der Waals surface area (Å²) >= 11 is 0. The van der Waals surface area contributed by atoms with E-state index in [-0.39, 0.29) is 22.7 Å². The predicted molar refractivity (Wildman–Crippen MR) is 155 cm³/mol. The Hall–Kier alpha value is -5.15. The van der Waals surface area contributed by atoms with Gasteiger partial charge < -0.3 is 29.6 Å². The number of ether oxygens (including phenoxy) is 4. The van der Waals surface area contributed by atoms with Crippen LogP contribution >= 0.6 is 0 Å². The van der Waals surface area contributed by atoms with Gasteiger partial charge in [0.05, 0.1) is 39.5 Å². The Labute approximate surface area is 236 Å². The van der Waals surface area contributed by atoms with Crippen LogP contribution in [0.4, 0.5) is 29.2 Å². The fourth-order valence-electron chi connectivity index (χ4n) is 3.54. The Bertz CT molecular complexity index is 1610. The van der Waals surface area contributed by atoms with Crippen molar-refractivity contribution in [1.29, 1.82) is 0 Å². The molecule has 0 aliphatic carbocycles. The molecule has 0 saturated heterocycles. The van der Waals surface area contributed by atoms with Crippen LogP contribution in [0.5, 0.6) is 23.0 Å². The topological polar surface area (TPSA) is 184 Å². The number of hydrogen-bond donors (Lipinski definition) is 4. The van der Waals surface area contributed by atoms with Crippen LogP contribution in [0.25, 0.3) is 0 Å². The van der Waals surface area contributed by atoms with Crippen molar-refractivity contribution in [2.24, 2.45) is 10.2 Å². The number of methoxy groups -OCH3 is 4. The number of aromatic nitrogens is 3. The molecule has 0 spiro atoms. The van der Waals surface area contributed by atoms with E-state index in [1.807, 2.05) is 0 Å². The molecule has 4 rings (SSSR count). The molecule has 14 nitrogen and oxygen atoms in total. The number of nitrogens with one attached hydrogen (secondary N) is 3. The van der Waals surface area contributed by atoms with Crippen molar-refractivity contribution in [1.82, 2.24) is 15.0 Å². The summed E-state index contributed by atoms with van der Waals surface area (Å²) in [6, 6.07) is 16.5. The lowest BCUT2D eigenvalue weighted by atomic mass is 10.2. The van der Waals surface area contributed by atoms with Gasteiger partial charge >= 0.3 is 0 Å². The van der Waals surface area contributed by atoms with Crippen molar-refractivity contribution >= 4 is 45.5 Å². The third-order valence-corrected chi connectivity index (χ3v) is 6.42. The quantitative estimate of drug-likeness (QED) is 0.141. The lowest BCUT2D eigenvalue weighted by Crippen LogP contribution is -2.12. The van der Waals surface area contributed by atoms with E-state index >= 15 is 0 Å². The van der Waals surface area contributed by atoms with Crippen molar-refractivity contribution in [2.45, 2.75) is 4.90 Å². The minimum atomic E-state index is -3.83. The number of benzene rings is 3. The second kappa shape index (κ2) is 12.8.